The number of benzene rings is 4. The van der Waals surface area contributed by atoms with Crippen LogP contribution in [-0.4, -0.2) is 25.3 Å². The average Bonchev–Trinajstić information content (AvgIpc) is 2.81. The quantitative estimate of drug-likeness (QED) is 0.256. The minimum atomic E-state index is -3.92. The lowest BCUT2D eigenvalue weighted by molar-refractivity contribution is 0.0696. The zero-order valence-electron chi connectivity index (χ0n) is 18.2. The molecular formula is C26H19Cl2NO5S. The first-order valence-electron chi connectivity index (χ1n) is 10.5. The number of halogens is 2. The van der Waals surface area contributed by atoms with Crippen molar-refractivity contribution in [1.29, 1.82) is 0 Å². The maximum absolute atomic E-state index is 12.9. The Labute approximate surface area is 212 Å². The Morgan fingerprint density at radius 1 is 0.857 bits per heavy atom. The lowest BCUT2D eigenvalue weighted by Gasteiger charge is -2.11. The van der Waals surface area contributed by atoms with Crippen molar-refractivity contribution in [3.05, 3.63) is 106 Å². The van der Waals surface area contributed by atoms with Gasteiger partial charge in [-0.25, -0.2) is 13.2 Å². The smallest absolute Gasteiger partial charge is 0.335 e. The summed E-state index contributed by atoms with van der Waals surface area (Å²) in [5.41, 5.74) is 1.91. The summed E-state index contributed by atoms with van der Waals surface area (Å²) in [5.74, 6) is -1.07. The van der Waals surface area contributed by atoms with Crippen molar-refractivity contribution in [3.8, 4) is 0 Å². The van der Waals surface area contributed by atoms with Gasteiger partial charge in [0.1, 0.15) is 0 Å². The second kappa shape index (κ2) is 10.1. The molecule has 178 valence electrons. The molecule has 0 aliphatic carbocycles. The van der Waals surface area contributed by atoms with Crippen LogP contribution < -0.4 is 4.72 Å². The van der Waals surface area contributed by atoms with Gasteiger partial charge in [-0.15, -0.1) is 0 Å². The molecule has 0 heterocycles. The number of rotatable bonds is 8. The number of nitrogens with one attached hydrogen (secondary N) is 1. The Balaban J connectivity index is 1.53. The van der Waals surface area contributed by atoms with E-state index in [2.05, 4.69) is 4.72 Å². The summed E-state index contributed by atoms with van der Waals surface area (Å²) >= 11 is 11.9. The molecule has 6 nitrogen and oxygen atoms in total. The number of ketones is 1. The molecule has 0 saturated carbocycles. The normalized spacial score (nSPS) is 11.4. The van der Waals surface area contributed by atoms with Crippen LogP contribution in [0.1, 0.15) is 32.7 Å². The van der Waals surface area contributed by atoms with Gasteiger partial charge in [-0.05, 0) is 65.2 Å². The van der Waals surface area contributed by atoms with Crippen molar-refractivity contribution in [2.75, 3.05) is 4.72 Å². The van der Waals surface area contributed by atoms with Gasteiger partial charge in [0.2, 0.25) is 0 Å². The van der Waals surface area contributed by atoms with Gasteiger partial charge in [-0.1, -0.05) is 59.6 Å². The molecule has 0 spiro atoms. The van der Waals surface area contributed by atoms with Crippen LogP contribution in [-0.2, 0) is 16.4 Å². The van der Waals surface area contributed by atoms with Crippen LogP contribution in [0.4, 0.5) is 5.69 Å². The fourth-order valence-corrected chi connectivity index (χ4v) is 5.47. The zero-order chi connectivity index (χ0) is 25.2. The molecule has 0 aliphatic heterocycles. The highest BCUT2D eigenvalue weighted by Gasteiger charge is 2.17. The number of sulfonamides is 1. The Hall–Kier alpha value is -3.39. The van der Waals surface area contributed by atoms with Gasteiger partial charge >= 0.3 is 5.97 Å². The second-order valence-corrected chi connectivity index (χ2v) is 10.4. The molecule has 35 heavy (non-hydrogen) atoms. The molecule has 2 N–H and O–H groups in total. The molecular weight excluding hydrogens is 509 g/mol. The summed E-state index contributed by atoms with van der Waals surface area (Å²) in [7, 11) is -3.92. The molecule has 0 saturated heterocycles. The van der Waals surface area contributed by atoms with Gasteiger partial charge in [0.25, 0.3) is 10.0 Å². The maximum atomic E-state index is 12.9. The van der Waals surface area contributed by atoms with Crippen LogP contribution in [0, 0.1) is 0 Å². The van der Waals surface area contributed by atoms with Gasteiger partial charge in [0.05, 0.1) is 10.5 Å². The summed E-state index contributed by atoms with van der Waals surface area (Å²) in [4.78, 5) is 23.9. The van der Waals surface area contributed by atoms with Crippen LogP contribution >= 0.6 is 23.2 Å². The SMILES string of the molecule is O=C(O)c1ccc(CCC(=O)c2cccc3cc(NS(=O)(=O)c4cc(Cl)cc(Cl)c4)ccc23)cc1. The second-order valence-electron chi connectivity index (χ2n) is 7.88. The number of carboxylic acid groups (broad SMARTS) is 1. The van der Waals surface area contributed by atoms with Crippen LogP contribution in [0.25, 0.3) is 10.8 Å². The molecule has 0 radical (unpaired) electrons. The number of hydrogen-bond acceptors (Lipinski definition) is 4. The Bertz CT molecular complexity index is 1530. The zero-order valence-corrected chi connectivity index (χ0v) is 20.5. The molecule has 0 fully saturated rings. The highest BCUT2D eigenvalue weighted by Crippen LogP contribution is 2.27. The summed E-state index contributed by atoms with van der Waals surface area (Å²) < 4.78 is 28.1. The largest absolute Gasteiger partial charge is 0.478 e. The predicted molar refractivity (Wildman–Crippen MR) is 137 cm³/mol. The highest BCUT2D eigenvalue weighted by molar-refractivity contribution is 7.92. The molecule has 4 aromatic carbocycles. The third-order valence-electron chi connectivity index (χ3n) is 5.42. The van der Waals surface area contributed by atoms with Crippen LogP contribution in [0.5, 0.6) is 0 Å². The fourth-order valence-electron chi connectivity index (χ4n) is 3.69. The van der Waals surface area contributed by atoms with E-state index < -0.39 is 16.0 Å². The lowest BCUT2D eigenvalue weighted by atomic mass is 9.97. The van der Waals surface area contributed by atoms with Crippen LogP contribution in [0.3, 0.4) is 0 Å². The molecule has 0 amide bonds. The van der Waals surface area contributed by atoms with E-state index in [0.29, 0.717) is 28.4 Å². The number of aryl methyl sites for hydroxylation is 1. The van der Waals surface area contributed by atoms with Crippen molar-refractivity contribution in [2.24, 2.45) is 0 Å². The number of aromatic carboxylic acids is 1. The standard InChI is InChI=1S/C26H19Cl2NO5S/c27-19-13-20(28)15-22(14-19)35(33,34)29-21-9-10-23-18(12-21)2-1-3-24(23)25(30)11-6-16-4-7-17(8-5-16)26(31)32/h1-5,7-10,12-15,29H,6,11H2,(H,31,32). The van der Waals surface area contributed by atoms with E-state index in [9.17, 15) is 18.0 Å². The minimum absolute atomic E-state index is 0.0598. The fraction of sp³-hybridized carbons (Fsp3) is 0.0769. The van der Waals surface area contributed by atoms with E-state index in [4.69, 9.17) is 28.3 Å². The van der Waals surface area contributed by atoms with E-state index in [0.717, 1.165) is 5.56 Å². The molecule has 4 aromatic rings. The third-order valence-corrected chi connectivity index (χ3v) is 7.22. The van der Waals surface area contributed by atoms with Crippen molar-refractivity contribution in [2.45, 2.75) is 17.7 Å². The van der Waals surface area contributed by atoms with E-state index in [1.165, 1.54) is 30.3 Å². The maximum Gasteiger partial charge on any atom is 0.335 e. The summed E-state index contributed by atoms with van der Waals surface area (Å²) in [6.45, 7) is 0. The van der Waals surface area contributed by atoms with E-state index in [1.54, 1.807) is 48.5 Å². The first kappa shape index (κ1) is 24.7. The number of fused-ring (bicyclic) bond motifs is 1. The molecule has 0 unspecified atom stereocenters. The molecule has 0 aliphatic rings. The number of carbonyl (C=O) groups is 2. The number of hydrogen-bond donors (Lipinski definition) is 2. The van der Waals surface area contributed by atoms with E-state index >= 15 is 0 Å². The number of Topliss-reactive ketones (excluding diaryl/α,β-unsaturated/α-hetero) is 1. The third kappa shape index (κ3) is 5.82. The topological polar surface area (TPSA) is 101 Å². The van der Waals surface area contributed by atoms with E-state index in [1.807, 2.05) is 0 Å². The number of anilines is 1. The highest BCUT2D eigenvalue weighted by atomic mass is 35.5. The van der Waals surface area contributed by atoms with Crippen molar-refractivity contribution in [1.82, 2.24) is 0 Å². The van der Waals surface area contributed by atoms with Crippen molar-refractivity contribution >= 4 is 61.4 Å². The monoisotopic (exact) mass is 527 g/mol. The van der Waals surface area contributed by atoms with Gasteiger partial charge < -0.3 is 5.11 Å². The first-order valence-corrected chi connectivity index (χ1v) is 12.7. The van der Waals surface area contributed by atoms with Crippen LogP contribution in [0.15, 0.2) is 83.8 Å². The molecule has 4 rings (SSSR count). The minimum Gasteiger partial charge on any atom is -0.478 e. The first-order chi connectivity index (χ1) is 16.6. The molecule has 0 bridgehead atoms. The predicted octanol–water partition coefficient (Wildman–Crippen LogP) is 6.46. The summed E-state index contributed by atoms with van der Waals surface area (Å²) in [6.07, 6.45) is 0.713. The molecule has 0 atom stereocenters. The Morgan fingerprint density at radius 3 is 2.20 bits per heavy atom. The van der Waals surface area contributed by atoms with Crippen molar-refractivity contribution < 1.29 is 23.1 Å². The number of carbonyl (C=O) groups excluding carboxylic acids is 1. The van der Waals surface area contributed by atoms with Gasteiger partial charge in [0.15, 0.2) is 5.78 Å². The molecule has 9 heteroatoms. The van der Waals surface area contributed by atoms with Crippen molar-refractivity contribution in [3.63, 3.8) is 0 Å². The number of carboxylic acids is 1. The lowest BCUT2D eigenvalue weighted by Crippen LogP contribution is -2.13. The molecule has 0 aromatic heterocycles. The van der Waals surface area contributed by atoms with Gasteiger partial charge in [0, 0.05) is 27.7 Å². The van der Waals surface area contributed by atoms with Gasteiger partial charge in [-0.3, -0.25) is 9.52 Å². The van der Waals surface area contributed by atoms with Gasteiger partial charge in [-0.2, -0.15) is 0 Å². The Morgan fingerprint density at radius 2 is 1.54 bits per heavy atom. The van der Waals surface area contributed by atoms with E-state index in [-0.39, 0.29) is 32.7 Å². The summed E-state index contributed by atoms with van der Waals surface area (Å²) in [6, 6.07) is 20.7. The summed E-state index contributed by atoms with van der Waals surface area (Å²) in [5, 5.41) is 10.8. The Kier molecular flexibility index (Phi) is 7.12. The van der Waals surface area contributed by atoms with Crippen LogP contribution in [0.2, 0.25) is 10.0 Å². The average molecular weight is 528 g/mol.